The number of nitrogens with zero attached hydrogens (tertiary/aromatic N) is 1. The van der Waals surface area contributed by atoms with E-state index in [1.165, 1.54) is 4.90 Å². The molecule has 0 bridgehead atoms. The number of ether oxygens (including phenoxy) is 1. The molecular weight excluding hydrogens is 234 g/mol. The summed E-state index contributed by atoms with van der Waals surface area (Å²) in [5, 5.41) is 9.17. The number of amides is 1. The van der Waals surface area contributed by atoms with Crippen LogP contribution >= 0.6 is 0 Å². The summed E-state index contributed by atoms with van der Waals surface area (Å²) in [5.41, 5.74) is 0. The third-order valence-electron chi connectivity index (χ3n) is 3.09. The maximum atomic E-state index is 11.6. The topological polar surface area (TPSA) is 83.9 Å². The number of carbonyl (C=O) groups is 1. The van der Waals surface area contributed by atoms with Crippen LogP contribution in [-0.4, -0.2) is 61.3 Å². The highest BCUT2D eigenvalue weighted by Gasteiger charge is 2.40. The quantitative estimate of drug-likeness (QED) is 0.705. The molecule has 0 aliphatic carbocycles. The molecule has 2 unspecified atom stereocenters. The van der Waals surface area contributed by atoms with E-state index in [0.29, 0.717) is 19.4 Å². The molecule has 1 N–H and O–H groups in total. The molecule has 16 heavy (non-hydrogen) atoms. The Morgan fingerprint density at radius 2 is 2.19 bits per heavy atom. The molecule has 2 rings (SSSR count). The van der Waals surface area contributed by atoms with Gasteiger partial charge in [-0.15, -0.1) is 0 Å². The molecule has 2 aliphatic rings. The van der Waals surface area contributed by atoms with Gasteiger partial charge in [-0.2, -0.15) is 0 Å². The molecule has 2 atom stereocenters. The second kappa shape index (κ2) is 4.21. The van der Waals surface area contributed by atoms with Gasteiger partial charge >= 0.3 is 6.09 Å². The normalized spacial score (nSPS) is 33.8. The molecule has 2 fully saturated rings. The van der Waals surface area contributed by atoms with Crippen LogP contribution in [0.15, 0.2) is 0 Å². The fraction of sp³-hybridized carbons (Fsp3) is 0.889. The van der Waals surface area contributed by atoms with E-state index >= 15 is 0 Å². The van der Waals surface area contributed by atoms with Crippen molar-refractivity contribution in [3.8, 4) is 0 Å². The summed E-state index contributed by atoms with van der Waals surface area (Å²) in [6.07, 6.45) is 0.486. The van der Waals surface area contributed by atoms with Crippen LogP contribution in [0.3, 0.4) is 0 Å². The Balaban J connectivity index is 2.14. The standard InChI is InChI=1S/C9H15NO5S/c11-5-7-1-3-15-9(12)10(7)8-2-4-16(13,14)6-8/h7-8,11H,1-6H2. The minimum absolute atomic E-state index is 0.0153. The first-order chi connectivity index (χ1) is 7.53. The Kier molecular flexibility index (Phi) is 3.07. The van der Waals surface area contributed by atoms with Crippen molar-refractivity contribution in [2.24, 2.45) is 0 Å². The Hall–Kier alpha value is -0.820. The average molecular weight is 249 g/mol. The molecule has 2 heterocycles. The van der Waals surface area contributed by atoms with E-state index in [1.807, 2.05) is 0 Å². The van der Waals surface area contributed by atoms with Crippen LogP contribution in [0.2, 0.25) is 0 Å². The number of rotatable bonds is 2. The zero-order valence-electron chi connectivity index (χ0n) is 8.83. The summed E-state index contributed by atoms with van der Waals surface area (Å²) in [7, 11) is -3.03. The lowest BCUT2D eigenvalue weighted by atomic mass is 10.1. The Bertz CT molecular complexity index is 379. The van der Waals surface area contributed by atoms with Gasteiger partial charge in [0.15, 0.2) is 9.84 Å². The van der Waals surface area contributed by atoms with Crippen LogP contribution in [0.1, 0.15) is 12.8 Å². The smallest absolute Gasteiger partial charge is 0.410 e. The van der Waals surface area contributed by atoms with Gasteiger partial charge in [0, 0.05) is 6.42 Å². The first-order valence-electron chi connectivity index (χ1n) is 5.30. The van der Waals surface area contributed by atoms with Gasteiger partial charge in [0.2, 0.25) is 0 Å². The van der Waals surface area contributed by atoms with Gasteiger partial charge in [-0.3, -0.25) is 4.90 Å². The fourth-order valence-electron chi connectivity index (χ4n) is 2.27. The highest BCUT2D eigenvalue weighted by Crippen LogP contribution is 2.24. The Labute approximate surface area is 94.1 Å². The van der Waals surface area contributed by atoms with E-state index in [4.69, 9.17) is 4.74 Å². The number of cyclic esters (lactones) is 1. The van der Waals surface area contributed by atoms with Crippen LogP contribution in [0.5, 0.6) is 0 Å². The molecule has 0 aromatic rings. The van der Waals surface area contributed by atoms with E-state index in [0.717, 1.165) is 0 Å². The van der Waals surface area contributed by atoms with Gasteiger partial charge in [0.25, 0.3) is 0 Å². The van der Waals surface area contributed by atoms with Gasteiger partial charge in [0.05, 0.1) is 36.8 Å². The molecular formula is C9H15NO5S. The third kappa shape index (κ3) is 2.15. The van der Waals surface area contributed by atoms with E-state index in [-0.39, 0.29) is 30.2 Å². The third-order valence-corrected chi connectivity index (χ3v) is 4.84. The van der Waals surface area contributed by atoms with Gasteiger partial charge in [-0.25, -0.2) is 13.2 Å². The number of aliphatic hydroxyl groups is 1. The van der Waals surface area contributed by atoms with Gasteiger partial charge in [-0.1, -0.05) is 0 Å². The average Bonchev–Trinajstić information content (AvgIpc) is 2.58. The van der Waals surface area contributed by atoms with Crippen molar-refractivity contribution in [1.29, 1.82) is 0 Å². The number of hydrogen-bond acceptors (Lipinski definition) is 5. The van der Waals surface area contributed by atoms with Crippen molar-refractivity contribution in [1.82, 2.24) is 4.90 Å². The van der Waals surface area contributed by atoms with Crippen LogP contribution in [-0.2, 0) is 14.6 Å². The number of carbonyl (C=O) groups excluding carboxylic acids is 1. The molecule has 92 valence electrons. The van der Waals surface area contributed by atoms with Gasteiger partial charge < -0.3 is 9.84 Å². The first-order valence-corrected chi connectivity index (χ1v) is 7.12. The van der Waals surface area contributed by atoms with Gasteiger partial charge in [-0.05, 0) is 6.42 Å². The zero-order valence-corrected chi connectivity index (χ0v) is 9.65. The van der Waals surface area contributed by atoms with Crippen molar-refractivity contribution in [2.75, 3.05) is 24.7 Å². The lowest BCUT2D eigenvalue weighted by Crippen LogP contribution is -2.53. The summed E-state index contributed by atoms with van der Waals surface area (Å²) in [6.45, 7) is 0.145. The second-order valence-electron chi connectivity index (χ2n) is 4.20. The summed E-state index contributed by atoms with van der Waals surface area (Å²) in [4.78, 5) is 13.0. The van der Waals surface area contributed by atoms with Crippen molar-refractivity contribution in [3.63, 3.8) is 0 Å². The molecule has 6 nitrogen and oxygen atoms in total. The molecule has 1 amide bonds. The number of hydrogen-bond donors (Lipinski definition) is 1. The lowest BCUT2D eigenvalue weighted by Gasteiger charge is -2.37. The van der Waals surface area contributed by atoms with Crippen molar-refractivity contribution in [3.05, 3.63) is 0 Å². The maximum absolute atomic E-state index is 11.6. The first kappa shape index (κ1) is 11.7. The molecule has 2 saturated heterocycles. The SMILES string of the molecule is O=C1OCCC(CO)N1C1CCS(=O)(=O)C1. The van der Waals surface area contributed by atoms with Crippen molar-refractivity contribution in [2.45, 2.75) is 24.9 Å². The van der Waals surface area contributed by atoms with Crippen LogP contribution in [0, 0.1) is 0 Å². The van der Waals surface area contributed by atoms with E-state index in [9.17, 15) is 18.3 Å². The fourth-order valence-corrected chi connectivity index (χ4v) is 3.98. The minimum atomic E-state index is -3.03. The lowest BCUT2D eigenvalue weighted by molar-refractivity contribution is 0.0101. The Morgan fingerprint density at radius 3 is 2.75 bits per heavy atom. The largest absolute Gasteiger partial charge is 0.449 e. The van der Waals surface area contributed by atoms with Crippen molar-refractivity contribution >= 4 is 15.9 Å². The molecule has 0 saturated carbocycles. The summed E-state index contributed by atoms with van der Waals surface area (Å²) >= 11 is 0. The molecule has 0 aromatic heterocycles. The summed E-state index contributed by atoms with van der Waals surface area (Å²) < 4.78 is 27.6. The monoisotopic (exact) mass is 249 g/mol. The molecule has 0 aromatic carbocycles. The second-order valence-corrected chi connectivity index (χ2v) is 6.43. The molecule has 0 spiro atoms. The highest BCUT2D eigenvalue weighted by atomic mass is 32.2. The number of aliphatic hydroxyl groups excluding tert-OH is 1. The van der Waals surface area contributed by atoms with E-state index in [2.05, 4.69) is 0 Å². The van der Waals surface area contributed by atoms with Crippen LogP contribution < -0.4 is 0 Å². The predicted octanol–water partition coefficient (Wildman–Crippen LogP) is -0.623. The van der Waals surface area contributed by atoms with Crippen LogP contribution in [0.25, 0.3) is 0 Å². The summed E-state index contributed by atoms with van der Waals surface area (Å²) in [5.74, 6) is 0.0954. The zero-order chi connectivity index (χ0) is 11.8. The van der Waals surface area contributed by atoms with Crippen molar-refractivity contribution < 1.29 is 23.1 Å². The summed E-state index contributed by atoms with van der Waals surface area (Å²) in [6, 6.07) is -0.644. The van der Waals surface area contributed by atoms with E-state index < -0.39 is 15.9 Å². The molecule has 7 heteroatoms. The molecule has 2 aliphatic heterocycles. The minimum Gasteiger partial charge on any atom is -0.449 e. The number of sulfone groups is 1. The highest BCUT2D eigenvalue weighted by molar-refractivity contribution is 7.91. The molecule has 0 radical (unpaired) electrons. The maximum Gasteiger partial charge on any atom is 0.410 e. The Morgan fingerprint density at radius 1 is 1.44 bits per heavy atom. The van der Waals surface area contributed by atoms with Crippen LogP contribution in [0.4, 0.5) is 4.79 Å². The predicted molar refractivity (Wildman–Crippen MR) is 55.7 cm³/mol. The van der Waals surface area contributed by atoms with Gasteiger partial charge in [0.1, 0.15) is 0 Å². The van der Waals surface area contributed by atoms with E-state index in [1.54, 1.807) is 0 Å².